The number of oxazole rings is 1. The van der Waals surface area contributed by atoms with Crippen LogP contribution >= 0.6 is 0 Å². The lowest BCUT2D eigenvalue weighted by molar-refractivity contribution is 0.0519. The van der Waals surface area contributed by atoms with Crippen LogP contribution in [0.25, 0.3) is 33.1 Å². The molecule has 0 spiro atoms. The van der Waals surface area contributed by atoms with E-state index in [0.29, 0.717) is 49.5 Å². The first-order valence-corrected chi connectivity index (χ1v) is 15.4. The third-order valence-electron chi connectivity index (χ3n) is 6.98. The molecular formula is C34H32N4O6S. The Morgan fingerprint density at radius 2 is 1.73 bits per heavy atom. The van der Waals surface area contributed by atoms with Crippen molar-refractivity contribution in [3.05, 3.63) is 107 Å². The lowest BCUT2D eigenvalue weighted by atomic mass is 10.0. The average Bonchev–Trinajstić information content (AvgIpc) is 3.63. The van der Waals surface area contributed by atoms with Crippen molar-refractivity contribution in [3.8, 4) is 22.6 Å². The molecule has 6 rings (SSSR count). The molecule has 3 heterocycles. The van der Waals surface area contributed by atoms with Crippen LogP contribution in [0.3, 0.4) is 0 Å². The summed E-state index contributed by atoms with van der Waals surface area (Å²) < 4.78 is 34.4. The van der Waals surface area contributed by atoms with Gasteiger partial charge in [0.1, 0.15) is 16.9 Å². The number of hydrogen-bond acceptors (Lipinski definition) is 7. The van der Waals surface area contributed by atoms with Gasteiger partial charge in [-0.15, -0.1) is 0 Å². The molecule has 11 heteroatoms. The number of ether oxygens (including phenoxy) is 2. The Labute approximate surface area is 261 Å². The van der Waals surface area contributed by atoms with Crippen LogP contribution in [0.4, 0.5) is 4.79 Å². The van der Waals surface area contributed by atoms with E-state index in [1.165, 1.54) is 8.54 Å². The quantitative estimate of drug-likeness (QED) is 0.207. The number of carbonyl (C=O) groups excluding carboxylic acids is 1. The molecule has 0 saturated heterocycles. The maximum Gasteiger partial charge on any atom is 0.408 e. The van der Waals surface area contributed by atoms with Gasteiger partial charge in [0.2, 0.25) is 5.89 Å². The first-order valence-electron chi connectivity index (χ1n) is 14.3. The highest BCUT2D eigenvalue weighted by molar-refractivity contribution is 7.83. The summed E-state index contributed by atoms with van der Waals surface area (Å²) in [5.74, 6) is 1.23. The lowest BCUT2D eigenvalue weighted by Crippen LogP contribution is -2.32. The molecule has 10 nitrogen and oxygen atoms in total. The molecule has 0 aliphatic rings. The summed E-state index contributed by atoms with van der Waals surface area (Å²) in [7, 11) is 0.00649. The van der Waals surface area contributed by atoms with E-state index >= 15 is 0 Å². The average molecular weight is 625 g/mol. The highest BCUT2D eigenvalue weighted by atomic mass is 32.2. The number of rotatable bonds is 7. The lowest BCUT2D eigenvalue weighted by Gasteiger charge is -2.19. The maximum absolute atomic E-state index is 13.7. The van der Waals surface area contributed by atoms with E-state index in [1.54, 1.807) is 64.5 Å². The Kier molecular flexibility index (Phi) is 7.80. The van der Waals surface area contributed by atoms with Crippen LogP contribution < -0.4 is 15.6 Å². The molecule has 1 N–H and O–H groups in total. The standard InChI is InChI=1S/C34H32N4O6S/c1-21-11-13-23(14-12-21)45(41)38-18-17-24-26(20-37(5)32(39)30(24)38)25-15-16-27-29(31(25)42-22-9-7-6-8-10-22)36-28(43-27)19-35-33(40)44-34(2,3)4/h6-18,20H,19H2,1-5H3,(H,35,40). The first-order chi connectivity index (χ1) is 21.5. The van der Waals surface area contributed by atoms with Crippen LogP contribution in [0.1, 0.15) is 32.2 Å². The zero-order chi connectivity index (χ0) is 31.9. The van der Waals surface area contributed by atoms with Gasteiger partial charge in [-0.25, -0.2) is 14.0 Å². The van der Waals surface area contributed by atoms with Crippen LogP contribution in [0, 0.1) is 6.92 Å². The van der Waals surface area contributed by atoms with Crippen molar-refractivity contribution in [1.29, 1.82) is 0 Å². The van der Waals surface area contributed by atoms with Crippen molar-refractivity contribution in [1.82, 2.24) is 18.8 Å². The molecule has 1 amide bonds. The van der Waals surface area contributed by atoms with E-state index in [1.807, 2.05) is 55.5 Å². The SMILES string of the molecule is Cc1ccc(S(=O)n2ccc3c(-c4ccc5oc(CNC(=O)OC(C)(C)C)nc5c4Oc4ccccc4)cn(C)c(=O)c32)cc1. The summed E-state index contributed by atoms with van der Waals surface area (Å²) >= 11 is 0. The van der Waals surface area contributed by atoms with E-state index < -0.39 is 22.7 Å². The molecule has 0 bridgehead atoms. The minimum atomic E-state index is -1.65. The number of aryl methyl sites for hydroxylation is 2. The number of aromatic nitrogens is 3. The van der Waals surface area contributed by atoms with Crippen molar-refractivity contribution < 1.29 is 22.9 Å². The van der Waals surface area contributed by atoms with Gasteiger partial charge in [0.25, 0.3) is 5.56 Å². The molecule has 0 saturated carbocycles. The minimum absolute atomic E-state index is 0.00145. The molecule has 3 aromatic heterocycles. The van der Waals surface area contributed by atoms with Crippen LogP contribution in [0.5, 0.6) is 11.5 Å². The predicted molar refractivity (Wildman–Crippen MR) is 173 cm³/mol. The molecule has 3 aromatic carbocycles. The van der Waals surface area contributed by atoms with Crippen molar-refractivity contribution >= 4 is 39.1 Å². The first kappa shape index (κ1) is 29.9. The van der Waals surface area contributed by atoms with E-state index in [-0.39, 0.29) is 18.0 Å². The molecule has 1 atom stereocenters. The fourth-order valence-electron chi connectivity index (χ4n) is 4.93. The molecule has 0 radical (unpaired) electrons. The van der Waals surface area contributed by atoms with E-state index in [9.17, 15) is 13.8 Å². The molecule has 0 fully saturated rings. The van der Waals surface area contributed by atoms with Gasteiger partial charge in [0.05, 0.1) is 11.4 Å². The highest BCUT2D eigenvalue weighted by Crippen LogP contribution is 2.41. The Balaban J connectivity index is 1.48. The van der Waals surface area contributed by atoms with Crippen molar-refractivity contribution in [3.63, 3.8) is 0 Å². The Bertz CT molecular complexity index is 2120. The molecule has 0 aliphatic heterocycles. The van der Waals surface area contributed by atoms with Gasteiger partial charge in [-0.05, 0) is 70.2 Å². The summed E-state index contributed by atoms with van der Waals surface area (Å²) in [6, 6.07) is 22.0. The number of amides is 1. The maximum atomic E-state index is 13.7. The second kappa shape index (κ2) is 11.7. The second-order valence-corrected chi connectivity index (χ2v) is 13.0. The van der Waals surface area contributed by atoms with Crippen LogP contribution in [-0.4, -0.2) is 29.4 Å². The van der Waals surface area contributed by atoms with Gasteiger partial charge in [0.15, 0.2) is 27.8 Å². The number of nitrogens with zero attached hydrogens (tertiary/aromatic N) is 3. The molecule has 230 valence electrons. The minimum Gasteiger partial charge on any atom is -0.454 e. The summed E-state index contributed by atoms with van der Waals surface area (Å²) in [6.45, 7) is 7.31. The molecule has 1 unspecified atom stereocenters. The fraction of sp³-hybridized carbons (Fsp3) is 0.206. The molecule has 0 aliphatic carbocycles. The second-order valence-electron chi connectivity index (χ2n) is 11.6. The summed E-state index contributed by atoms with van der Waals surface area (Å²) in [5, 5.41) is 3.27. The van der Waals surface area contributed by atoms with Gasteiger partial charge in [-0.3, -0.25) is 8.77 Å². The van der Waals surface area contributed by atoms with Gasteiger partial charge >= 0.3 is 6.09 Å². The van der Waals surface area contributed by atoms with Crippen LogP contribution in [0.2, 0.25) is 0 Å². The molecular weight excluding hydrogens is 592 g/mol. The molecule has 6 aromatic rings. The topological polar surface area (TPSA) is 118 Å². The zero-order valence-electron chi connectivity index (χ0n) is 25.5. The largest absolute Gasteiger partial charge is 0.454 e. The van der Waals surface area contributed by atoms with Crippen molar-refractivity contribution in [2.45, 2.75) is 44.7 Å². The third-order valence-corrected chi connectivity index (χ3v) is 8.32. The Morgan fingerprint density at radius 3 is 2.44 bits per heavy atom. The van der Waals surface area contributed by atoms with E-state index in [2.05, 4.69) is 10.3 Å². The number of pyridine rings is 1. The number of nitrogens with one attached hydrogen (secondary N) is 1. The number of benzene rings is 3. The van der Waals surface area contributed by atoms with Gasteiger partial charge in [0, 0.05) is 36.0 Å². The predicted octanol–water partition coefficient (Wildman–Crippen LogP) is 6.84. The zero-order valence-corrected chi connectivity index (χ0v) is 26.3. The van der Waals surface area contributed by atoms with Crippen LogP contribution in [-0.2, 0) is 29.3 Å². The monoisotopic (exact) mass is 624 g/mol. The van der Waals surface area contributed by atoms with E-state index in [0.717, 1.165) is 5.56 Å². The smallest absolute Gasteiger partial charge is 0.408 e. The normalized spacial score (nSPS) is 12.4. The number of fused-ring (bicyclic) bond motifs is 2. The van der Waals surface area contributed by atoms with Gasteiger partial charge in [-0.1, -0.05) is 35.9 Å². The van der Waals surface area contributed by atoms with E-state index in [4.69, 9.17) is 13.9 Å². The Hall–Kier alpha value is -5.16. The summed E-state index contributed by atoms with van der Waals surface area (Å²) in [4.78, 5) is 31.0. The number of carbonyl (C=O) groups is 1. The summed E-state index contributed by atoms with van der Waals surface area (Å²) in [6.07, 6.45) is 2.80. The van der Waals surface area contributed by atoms with Gasteiger partial charge < -0.3 is 23.8 Å². The number of para-hydroxylation sites is 1. The number of hydrogen-bond donors (Lipinski definition) is 1. The molecule has 45 heavy (non-hydrogen) atoms. The van der Waals surface area contributed by atoms with Crippen LogP contribution in [0.15, 0.2) is 99.3 Å². The highest BCUT2D eigenvalue weighted by Gasteiger charge is 2.23. The summed E-state index contributed by atoms with van der Waals surface area (Å²) in [5.41, 5.74) is 2.60. The van der Waals surface area contributed by atoms with Gasteiger partial charge in [-0.2, -0.15) is 0 Å². The third kappa shape index (κ3) is 6.12. The fourth-order valence-corrected chi connectivity index (χ4v) is 6.04. The Morgan fingerprint density at radius 1 is 1.00 bits per heavy atom. The van der Waals surface area contributed by atoms with Crippen molar-refractivity contribution in [2.75, 3.05) is 0 Å². The number of alkyl carbamates (subject to hydrolysis) is 1. The van der Waals surface area contributed by atoms with Crippen molar-refractivity contribution in [2.24, 2.45) is 7.05 Å².